The number of carboxylic acids is 1. The average molecular weight is 265 g/mol. The molecule has 0 heterocycles. The summed E-state index contributed by atoms with van der Waals surface area (Å²) in [6, 6.07) is 5.47. The predicted octanol–water partition coefficient (Wildman–Crippen LogP) is 1.53. The van der Waals surface area contributed by atoms with Gasteiger partial charge in [0.15, 0.2) is 0 Å². The van der Waals surface area contributed by atoms with Crippen LogP contribution in [0.3, 0.4) is 0 Å². The van der Waals surface area contributed by atoms with Gasteiger partial charge in [-0.2, -0.15) is 0 Å². The van der Waals surface area contributed by atoms with E-state index in [0.717, 1.165) is 11.1 Å². The second kappa shape index (κ2) is 5.73. The van der Waals surface area contributed by atoms with Gasteiger partial charge in [0.2, 0.25) is 5.91 Å². The van der Waals surface area contributed by atoms with Gasteiger partial charge in [0.25, 0.3) is 0 Å². The zero-order valence-electron chi connectivity index (χ0n) is 11.6. The first-order valence-corrected chi connectivity index (χ1v) is 5.94. The molecule has 1 aromatic carbocycles. The van der Waals surface area contributed by atoms with Crippen LogP contribution in [0.1, 0.15) is 25.0 Å². The first kappa shape index (κ1) is 15.0. The Morgan fingerprint density at radius 1 is 1.37 bits per heavy atom. The number of amides is 1. The zero-order chi connectivity index (χ0) is 14.6. The van der Waals surface area contributed by atoms with Gasteiger partial charge in [-0.05, 0) is 38.0 Å². The fourth-order valence-corrected chi connectivity index (χ4v) is 1.61. The molecule has 0 aliphatic rings. The van der Waals surface area contributed by atoms with Crippen molar-refractivity contribution in [1.82, 2.24) is 5.32 Å². The molecule has 5 heteroatoms. The SMILES string of the molecule is COc1cc(CC(=O)NC(C)(C)C(=O)O)ccc1C. The molecule has 104 valence electrons. The lowest BCUT2D eigenvalue weighted by Crippen LogP contribution is -2.50. The second-order valence-corrected chi connectivity index (χ2v) is 4.96. The fourth-order valence-electron chi connectivity index (χ4n) is 1.61. The quantitative estimate of drug-likeness (QED) is 0.846. The molecule has 0 aliphatic carbocycles. The summed E-state index contributed by atoms with van der Waals surface area (Å²) in [6.07, 6.45) is 0.118. The molecule has 1 aromatic rings. The van der Waals surface area contributed by atoms with E-state index in [4.69, 9.17) is 9.84 Å². The molecule has 19 heavy (non-hydrogen) atoms. The van der Waals surface area contributed by atoms with Crippen molar-refractivity contribution in [1.29, 1.82) is 0 Å². The van der Waals surface area contributed by atoms with Crippen LogP contribution >= 0.6 is 0 Å². The Balaban J connectivity index is 2.75. The van der Waals surface area contributed by atoms with Crippen LogP contribution in [0, 0.1) is 6.92 Å². The van der Waals surface area contributed by atoms with Crippen LogP contribution in [-0.2, 0) is 16.0 Å². The third-order valence-electron chi connectivity index (χ3n) is 2.82. The maximum Gasteiger partial charge on any atom is 0.328 e. The highest BCUT2D eigenvalue weighted by Gasteiger charge is 2.28. The Kier molecular flexibility index (Phi) is 4.53. The van der Waals surface area contributed by atoms with E-state index in [-0.39, 0.29) is 12.3 Å². The Bertz CT molecular complexity index is 494. The molecule has 5 nitrogen and oxygen atoms in total. The number of methoxy groups -OCH3 is 1. The van der Waals surface area contributed by atoms with Crippen LogP contribution in [0.25, 0.3) is 0 Å². The van der Waals surface area contributed by atoms with Crippen molar-refractivity contribution in [3.05, 3.63) is 29.3 Å². The second-order valence-electron chi connectivity index (χ2n) is 4.96. The summed E-state index contributed by atoms with van der Waals surface area (Å²) in [5.41, 5.74) is 0.491. The molecule has 0 aliphatic heterocycles. The van der Waals surface area contributed by atoms with E-state index in [2.05, 4.69) is 5.32 Å². The number of carbonyl (C=O) groups is 2. The average Bonchev–Trinajstić information content (AvgIpc) is 2.30. The normalized spacial score (nSPS) is 10.9. The van der Waals surface area contributed by atoms with Gasteiger partial charge in [-0.3, -0.25) is 4.79 Å². The number of carbonyl (C=O) groups excluding carboxylic acids is 1. The van der Waals surface area contributed by atoms with Gasteiger partial charge in [-0.25, -0.2) is 4.79 Å². The predicted molar refractivity (Wildman–Crippen MR) is 71.3 cm³/mol. The van der Waals surface area contributed by atoms with Crippen molar-refractivity contribution in [3.8, 4) is 5.75 Å². The van der Waals surface area contributed by atoms with Gasteiger partial charge in [0.05, 0.1) is 13.5 Å². The molecule has 0 unspecified atom stereocenters. The molecule has 0 saturated carbocycles. The Morgan fingerprint density at radius 3 is 2.53 bits per heavy atom. The minimum atomic E-state index is -1.27. The summed E-state index contributed by atoms with van der Waals surface area (Å²) in [4.78, 5) is 22.7. The van der Waals surface area contributed by atoms with Gasteiger partial charge in [0, 0.05) is 0 Å². The molecule has 0 aromatic heterocycles. The zero-order valence-corrected chi connectivity index (χ0v) is 11.6. The summed E-state index contributed by atoms with van der Waals surface area (Å²) >= 11 is 0. The minimum absolute atomic E-state index is 0.118. The lowest BCUT2D eigenvalue weighted by atomic mass is 10.0. The highest BCUT2D eigenvalue weighted by Crippen LogP contribution is 2.19. The van der Waals surface area contributed by atoms with Crippen LogP contribution in [0.2, 0.25) is 0 Å². The number of rotatable bonds is 5. The van der Waals surface area contributed by atoms with E-state index in [1.165, 1.54) is 13.8 Å². The third-order valence-corrected chi connectivity index (χ3v) is 2.82. The molecule has 0 radical (unpaired) electrons. The number of aliphatic carboxylic acids is 1. The van der Waals surface area contributed by atoms with E-state index in [1.54, 1.807) is 13.2 Å². The first-order valence-electron chi connectivity index (χ1n) is 5.94. The molecule has 0 bridgehead atoms. The first-order chi connectivity index (χ1) is 8.76. The summed E-state index contributed by atoms with van der Waals surface area (Å²) < 4.78 is 5.18. The molecule has 0 atom stereocenters. The van der Waals surface area contributed by atoms with Crippen molar-refractivity contribution >= 4 is 11.9 Å². The van der Waals surface area contributed by atoms with Gasteiger partial charge in [-0.15, -0.1) is 0 Å². The van der Waals surface area contributed by atoms with Crippen LogP contribution in [0.4, 0.5) is 0 Å². The van der Waals surface area contributed by atoms with Crippen molar-refractivity contribution in [2.75, 3.05) is 7.11 Å². The molecule has 1 rings (SSSR count). The highest BCUT2D eigenvalue weighted by atomic mass is 16.5. The van der Waals surface area contributed by atoms with E-state index in [1.807, 2.05) is 19.1 Å². The van der Waals surface area contributed by atoms with Crippen LogP contribution in [-0.4, -0.2) is 29.6 Å². The lowest BCUT2D eigenvalue weighted by molar-refractivity contribution is -0.145. The molecule has 0 spiro atoms. The topological polar surface area (TPSA) is 75.6 Å². The van der Waals surface area contributed by atoms with Crippen LogP contribution in [0.15, 0.2) is 18.2 Å². The number of ether oxygens (including phenoxy) is 1. The Hall–Kier alpha value is -2.04. The summed E-state index contributed by atoms with van der Waals surface area (Å²) in [5.74, 6) is -0.691. The smallest absolute Gasteiger partial charge is 0.328 e. The molecular weight excluding hydrogens is 246 g/mol. The van der Waals surface area contributed by atoms with E-state index in [0.29, 0.717) is 5.75 Å². The number of hydrogen-bond donors (Lipinski definition) is 2. The van der Waals surface area contributed by atoms with Gasteiger partial charge < -0.3 is 15.2 Å². The van der Waals surface area contributed by atoms with Gasteiger partial charge in [-0.1, -0.05) is 12.1 Å². The number of benzene rings is 1. The van der Waals surface area contributed by atoms with E-state index < -0.39 is 11.5 Å². The van der Waals surface area contributed by atoms with Crippen LogP contribution in [0.5, 0.6) is 5.75 Å². The molecular formula is C14H19NO4. The molecule has 2 N–H and O–H groups in total. The molecule has 0 saturated heterocycles. The van der Waals surface area contributed by atoms with Crippen molar-refractivity contribution < 1.29 is 19.4 Å². The number of aryl methyl sites for hydroxylation is 1. The maximum atomic E-state index is 11.8. The van der Waals surface area contributed by atoms with Crippen molar-refractivity contribution in [2.24, 2.45) is 0 Å². The van der Waals surface area contributed by atoms with E-state index >= 15 is 0 Å². The van der Waals surface area contributed by atoms with Crippen molar-refractivity contribution in [2.45, 2.75) is 32.7 Å². The largest absolute Gasteiger partial charge is 0.496 e. The number of hydrogen-bond acceptors (Lipinski definition) is 3. The number of nitrogens with one attached hydrogen (secondary N) is 1. The van der Waals surface area contributed by atoms with Crippen molar-refractivity contribution in [3.63, 3.8) is 0 Å². The maximum absolute atomic E-state index is 11.8. The Morgan fingerprint density at radius 2 is 2.00 bits per heavy atom. The van der Waals surface area contributed by atoms with Gasteiger partial charge >= 0.3 is 5.97 Å². The van der Waals surface area contributed by atoms with E-state index in [9.17, 15) is 9.59 Å². The highest BCUT2D eigenvalue weighted by molar-refractivity contribution is 5.87. The number of carboxylic acid groups (broad SMARTS) is 1. The summed E-state index contributed by atoms with van der Waals surface area (Å²) in [5, 5.41) is 11.4. The van der Waals surface area contributed by atoms with Gasteiger partial charge in [0.1, 0.15) is 11.3 Å². The van der Waals surface area contributed by atoms with Crippen LogP contribution < -0.4 is 10.1 Å². The summed E-state index contributed by atoms with van der Waals surface area (Å²) in [6.45, 7) is 4.81. The molecule has 0 fully saturated rings. The fraction of sp³-hybridized carbons (Fsp3) is 0.429. The minimum Gasteiger partial charge on any atom is -0.496 e. The monoisotopic (exact) mass is 265 g/mol. The molecule has 1 amide bonds. The third kappa shape index (κ3) is 3.98. The standard InChI is InChI=1S/C14H19NO4/c1-9-5-6-10(7-11(9)19-4)8-12(16)15-14(2,3)13(17)18/h5-7H,8H2,1-4H3,(H,15,16)(H,17,18). The summed E-state index contributed by atoms with van der Waals surface area (Å²) in [7, 11) is 1.57. The Labute approximate surface area is 112 Å². The lowest BCUT2D eigenvalue weighted by Gasteiger charge is -2.21.